The number of alkyl halides is 3. The molecule has 1 saturated heterocycles. The average Bonchev–Trinajstić information content (AvgIpc) is 3.18. The minimum Gasteiger partial charge on any atom is -0.368 e. The molecule has 3 rings (SSSR count). The number of sulfonamides is 1. The topological polar surface area (TPSA) is 84.5 Å². The van der Waals surface area contributed by atoms with E-state index >= 15 is 0 Å². The van der Waals surface area contributed by atoms with Gasteiger partial charge in [0.15, 0.2) is 0 Å². The lowest BCUT2D eigenvalue weighted by Gasteiger charge is -2.17. The number of carbonyl (C=O) groups is 1. The van der Waals surface area contributed by atoms with Gasteiger partial charge in [0.05, 0.1) is 16.3 Å². The number of rotatable bonds is 5. The highest BCUT2D eigenvalue weighted by Crippen LogP contribution is 2.38. The van der Waals surface area contributed by atoms with E-state index in [1.807, 2.05) is 0 Å². The van der Waals surface area contributed by atoms with Gasteiger partial charge in [-0.05, 0) is 49.2 Å². The first-order valence-electron chi connectivity index (χ1n) is 8.59. The Morgan fingerprint density at radius 3 is 2.53 bits per heavy atom. The van der Waals surface area contributed by atoms with Crippen molar-refractivity contribution >= 4 is 38.9 Å². The van der Waals surface area contributed by atoms with Crippen LogP contribution in [0.25, 0.3) is 0 Å². The Morgan fingerprint density at radius 1 is 1.17 bits per heavy atom. The zero-order valence-electron chi connectivity index (χ0n) is 15.1. The van der Waals surface area contributed by atoms with Gasteiger partial charge < -0.3 is 10.1 Å². The number of amides is 1. The molecule has 2 aromatic carbocycles. The maximum atomic E-state index is 13.5. The normalized spacial score (nSPS) is 17.0. The van der Waals surface area contributed by atoms with Gasteiger partial charge in [0, 0.05) is 12.3 Å². The average molecular weight is 467 g/mol. The number of hydrogen-bond acceptors (Lipinski definition) is 4. The first kappa shape index (κ1) is 22.3. The van der Waals surface area contributed by atoms with Crippen molar-refractivity contribution in [3.05, 3.63) is 52.8 Å². The third-order valence-corrected chi connectivity index (χ3v) is 6.09. The molecule has 0 aromatic heterocycles. The Balaban J connectivity index is 1.92. The molecule has 2 N–H and O–H groups in total. The molecule has 1 heterocycles. The van der Waals surface area contributed by atoms with Crippen molar-refractivity contribution in [2.24, 2.45) is 0 Å². The van der Waals surface area contributed by atoms with E-state index in [4.69, 9.17) is 16.3 Å². The maximum absolute atomic E-state index is 13.5. The summed E-state index contributed by atoms with van der Waals surface area (Å²) in [5, 5.41) is 1.96. The molecule has 6 nitrogen and oxygen atoms in total. The van der Waals surface area contributed by atoms with E-state index in [-0.39, 0.29) is 10.7 Å². The molecule has 1 unspecified atom stereocenters. The second-order valence-corrected chi connectivity index (χ2v) is 8.49. The zero-order valence-corrected chi connectivity index (χ0v) is 16.7. The summed E-state index contributed by atoms with van der Waals surface area (Å²) in [4.78, 5) is 11.4. The highest BCUT2D eigenvalue weighted by atomic mass is 35.5. The number of carbonyl (C=O) groups excluding carboxylic acids is 1. The highest BCUT2D eigenvalue weighted by Gasteiger charge is 2.36. The summed E-state index contributed by atoms with van der Waals surface area (Å²) in [7, 11) is -4.63. The molecular weight excluding hydrogens is 452 g/mol. The summed E-state index contributed by atoms with van der Waals surface area (Å²) < 4.78 is 85.9. The van der Waals surface area contributed by atoms with Crippen molar-refractivity contribution in [2.45, 2.75) is 30.0 Å². The van der Waals surface area contributed by atoms with Gasteiger partial charge in [0.1, 0.15) is 16.8 Å². The Kier molecular flexibility index (Phi) is 6.25. The van der Waals surface area contributed by atoms with Gasteiger partial charge in [-0.25, -0.2) is 12.8 Å². The van der Waals surface area contributed by atoms with Crippen LogP contribution in [0.5, 0.6) is 0 Å². The van der Waals surface area contributed by atoms with Crippen LogP contribution in [0, 0.1) is 5.82 Å². The van der Waals surface area contributed by atoms with E-state index in [1.54, 1.807) is 4.72 Å². The summed E-state index contributed by atoms with van der Waals surface area (Å²) in [6.07, 6.45) is -4.60. The molecule has 1 atom stereocenters. The first-order valence-corrected chi connectivity index (χ1v) is 10.4. The Hall–Kier alpha value is -2.37. The van der Waals surface area contributed by atoms with Gasteiger partial charge in [-0.2, -0.15) is 13.2 Å². The standard InChI is InChI=1S/C18H15ClF4N2O4S/c19-13-5-3-10(20)8-16(13)30(27,28)25-14-6-4-11(9-12(14)18(21,22)23)24-17(26)15-2-1-7-29-15/h3-6,8-9,15,25H,1-2,7H2,(H,24,26). The van der Waals surface area contributed by atoms with Crippen molar-refractivity contribution in [2.75, 3.05) is 16.6 Å². The SMILES string of the molecule is O=C(Nc1ccc(NS(=O)(=O)c2cc(F)ccc2Cl)c(C(F)(F)F)c1)C1CCCO1. The molecule has 0 bridgehead atoms. The van der Waals surface area contributed by atoms with Gasteiger partial charge in [-0.3, -0.25) is 9.52 Å². The van der Waals surface area contributed by atoms with E-state index < -0.39 is 50.2 Å². The first-order chi connectivity index (χ1) is 14.0. The van der Waals surface area contributed by atoms with Crippen LogP contribution in [0.15, 0.2) is 41.3 Å². The summed E-state index contributed by atoms with van der Waals surface area (Å²) in [6, 6.07) is 5.02. The van der Waals surface area contributed by atoms with Crippen molar-refractivity contribution in [3.8, 4) is 0 Å². The van der Waals surface area contributed by atoms with Crippen LogP contribution in [0.2, 0.25) is 5.02 Å². The molecule has 162 valence electrons. The fraction of sp³-hybridized carbons (Fsp3) is 0.278. The Morgan fingerprint density at radius 2 is 1.90 bits per heavy atom. The van der Waals surface area contributed by atoms with E-state index in [9.17, 15) is 30.8 Å². The predicted octanol–water partition coefficient (Wildman–Crippen LogP) is 4.42. The minimum atomic E-state index is -4.95. The van der Waals surface area contributed by atoms with Crippen LogP contribution in [0.1, 0.15) is 18.4 Å². The highest BCUT2D eigenvalue weighted by molar-refractivity contribution is 7.92. The van der Waals surface area contributed by atoms with Crippen molar-refractivity contribution in [1.29, 1.82) is 0 Å². The number of nitrogens with one attached hydrogen (secondary N) is 2. The third kappa shape index (κ3) is 5.02. The molecule has 0 saturated carbocycles. The van der Waals surface area contributed by atoms with E-state index in [0.29, 0.717) is 31.6 Å². The minimum absolute atomic E-state index is 0.186. The molecular formula is C18H15ClF4N2O4S. The van der Waals surface area contributed by atoms with Crippen LogP contribution in [-0.2, 0) is 25.7 Å². The molecule has 0 radical (unpaired) electrons. The number of ether oxygens (including phenoxy) is 1. The molecule has 1 fully saturated rings. The van der Waals surface area contributed by atoms with Crippen LogP contribution < -0.4 is 10.0 Å². The molecule has 1 aliphatic heterocycles. The van der Waals surface area contributed by atoms with Gasteiger partial charge in [-0.1, -0.05) is 11.6 Å². The van der Waals surface area contributed by atoms with E-state index in [0.717, 1.165) is 24.3 Å². The quantitative estimate of drug-likeness (QED) is 0.639. The summed E-state index contributed by atoms with van der Waals surface area (Å²) >= 11 is 5.75. The fourth-order valence-electron chi connectivity index (χ4n) is 2.84. The number of benzene rings is 2. The van der Waals surface area contributed by atoms with Gasteiger partial charge in [-0.15, -0.1) is 0 Å². The van der Waals surface area contributed by atoms with E-state index in [2.05, 4.69) is 5.32 Å². The molecule has 30 heavy (non-hydrogen) atoms. The van der Waals surface area contributed by atoms with Gasteiger partial charge >= 0.3 is 6.18 Å². The lowest BCUT2D eigenvalue weighted by atomic mass is 10.1. The lowest BCUT2D eigenvalue weighted by molar-refractivity contribution is -0.137. The lowest BCUT2D eigenvalue weighted by Crippen LogP contribution is -2.27. The number of anilines is 2. The molecule has 1 aliphatic rings. The monoisotopic (exact) mass is 466 g/mol. The number of halogens is 5. The van der Waals surface area contributed by atoms with E-state index in [1.165, 1.54) is 0 Å². The molecule has 2 aromatic rings. The molecule has 0 spiro atoms. The van der Waals surface area contributed by atoms with Crippen LogP contribution in [-0.4, -0.2) is 27.0 Å². The molecule has 1 amide bonds. The van der Waals surface area contributed by atoms with Crippen LogP contribution >= 0.6 is 11.6 Å². The maximum Gasteiger partial charge on any atom is 0.418 e. The smallest absolute Gasteiger partial charge is 0.368 e. The van der Waals surface area contributed by atoms with Gasteiger partial charge in [0.2, 0.25) is 0 Å². The van der Waals surface area contributed by atoms with Crippen LogP contribution in [0.4, 0.5) is 28.9 Å². The Labute approximate surface area is 174 Å². The summed E-state index contributed by atoms with van der Waals surface area (Å²) in [6.45, 7) is 0.384. The van der Waals surface area contributed by atoms with Crippen molar-refractivity contribution < 1.29 is 35.5 Å². The fourth-order valence-corrected chi connectivity index (χ4v) is 4.43. The summed E-state index contributed by atoms with van der Waals surface area (Å²) in [5.41, 5.74) is -2.34. The predicted molar refractivity (Wildman–Crippen MR) is 101 cm³/mol. The summed E-state index contributed by atoms with van der Waals surface area (Å²) in [5.74, 6) is -1.52. The molecule has 12 heteroatoms. The van der Waals surface area contributed by atoms with Crippen LogP contribution in [0.3, 0.4) is 0 Å². The van der Waals surface area contributed by atoms with Crippen molar-refractivity contribution in [3.63, 3.8) is 0 Å². The van der Waals surface area contributed by atoms with Crippen molar-refractivity contribution in [1.82, 2.24) is 0 Å². The second kappa shape index (κ2) is 8.40. The second-order valence-electron chi connectivity index (χ2n) is 6.43. The Bertz CT molecular complexity index is 1070. The number of hydrogen-bond donors (Lipinski definition) is 2. The largest absolute Gasteiger partial charge is 0.418 e. The van der Waals surface area contributed by atoms with Gasteiger partial charge in [0.25, 0.3) is 15.9 Å². The molecule has 0 aliphatic carbocycles. The third-order valence-electron chi connectivity index (χ3n) is 4.24. The zero-order chi connectivity index (χ0) is 22.1.